The number of ether oxygens (including phenoxy) is 2. The molecule has 4 heterocycles. The Kier molecular flexibility index (Phi) is 8.93. The highest BCUT2D eigenvalue weighted by Gasteiger charge is 2.25. The molecule has 3 aromatic carbocycles. The topological polar surface area (TPSA) is 126 Å². The van der Waals surface area contributed by atoms with E-state index in [4.69, 9.17) is 14.5 Å². The van der Waals surface area contributed by atoms with Crippen LogP contribution in [0, 0.1) is 0 Å². The van der Waals surface area contributed by atoms with E-state index in [0.29, 0.717) is 58.5 Å². The van der Waals surface area contributed by atoms with Crippen molar-refractivity contribution in [3.8, 4) is 5.69 Å². The number of carbonyl (C=O) groups excluding carboxylic acids is 1. The maximum atomic E-state index is 14.6. The van der Waals surface area contributed by atoms with E-state index in [0.717, 1.165) is 42.7 Å². The van der Waals surface area contributed by atoms with Crippen molar-refractivity contribution in [2.75, 3.05) is 19.0 Å². The standard InChI is InChI=1S/C37H37N7O4/c1-3-28(41-33-32-35(39-22-38-33)43(23-40-32)30-14-7-8-21-48-30)34-42-29-13-9-10-25(18-15-24-16-19-26(20-17-24)37(46)47-2)31(29)36(45)44(34)27-11-5-4-6-12-27/h4-6,9-13,16-17,19-20,22-23,28,30H,3,7-8,14-15,18,21H2,1-2H3,(H,38,39,41)/t28-,30?/m0/s1. The van der Waals surface area contributed by atoms with Crippen molar-refractivity contribution >= 4 is 33.9 Å². The summed E-state index contributed by atoms with van der Waals surface area (Å²) in [6, 6.07) is 22.4. The number of fused-ring (bicyclic) bond motifs is 2. The molecular weight excluding hydrogens is 606 g/mol. The van der Waals surface area contributed by atoms with Crippen molar-refractivity contribution in [2.24, 2.45) is 0 Å². The predicted octanol–water partition coefficient (Wildman–Crippen LogP) is 6.36. The van der Waals surface area contributed by atoms with Gasteiger partial charge in [-0.05, 0) is 80.0 Å². The molecule has 7 rings (SSSR count). The molecule has 48 heavy (non-hydrogen) atoms. The Bertz CT molecular complexity index is 2120. The van der Waals surface area contributed by atoms with E-state index in [-0.39, 0.29) is 23.8 Å². The van der Waals surface area contributed by atoms with Crippen LogP contribution in [0.25, 0.3) is 27.8 Å². The largest absolute Gasteiger partial charge is 0.465 e. The SMILES string of the molecule is CC[C@H](Nc1ncnc2c1ncn2C1CCCCO1)c1nc2cccc(CCc3ccc(C(=O)OC)cc3)c2c(=O)n1-c1ccccc1. The van der Waals surface area contributed by atoms with E-state index in [1.807, 2.05) is 65.2 Å². The fraction of sp³-hybridized carbons (Fsp3) is 0.297. The third-order valence-electron chi connectivity index (χ3n) is 8.94. The summed E-state index contributed by atoms with van der Waals surface area (Å²) in [5.74, 6) is 0.785. The van der Waals surface area contributed by atoms with Gasteiger partial charge in [-0.3, -0.25) is 13.9 Å². The molecule has 1 fully saturated rings. The first-order chi connectivity index (χ1) is 23.6. The molecule has 2 atom stereocenters. The summed E-state index contributed by atoms with van der Waals surface area (Å²) >= 11 is 0. The second-order valence-corrected chi connectivity index (χ2v) is 11.9. The molecule has 11 heteroatoms. The Morgan fingerprint density at radius 2 is 1.83 bits per heavy atom. The average molecular weight is 644 g/mol. The van der Waals surface area contributed by atoms with E-state index in [2.05, 4.69) is 27.2 Å². The number of imidazole rings is 1. The van der Waals surface area contributed by atoms with E-state index in [1.165, 1.54) is 13.4 Å². The zero-order valence-corrected chi connectivity index (χ0v) is 27.0. The number of rotatable bonds is 10. The number of aryl methyl sites for hydroxylation is 2. The molecule has 0 spiro atoms. The number of aromatic nitrogens is 6. The molecule has 1 aliphatic heterocycles. The molecule has 244 valence electrons. The minimum Gasteiger partial charge on any atom is -0.465 e. The summed E-state index contributed by atoms with van der Waals surface area (Å²) in [6.07, 6.45) is 8.20. The third kappa shape index (κ3) is 6.04. The number of para-hydroxylation sites is 1. The number of anilines is 1. The molecule has 3 aromatic heterocycles. The van der Waals surface area contributed by atoms with Gasteiger partial charge in [0.15, 0.2) is 17.0 Å². The van der Waals surface area contributed by atoms with Gasteiger partial charge in [0.25, 0.3) is 5.56 Å². The summed E-state index contributed by atoms with van der Waals surface area (Å²) in [5.41, 5.74) is 5.03. The second kappa shape index (κ2) is 13.7. The van der Waals surface area contributed by atoms with Crippen LogP contribution in [0.3, 0.4) is 0 Å². The van der Waals surface area contributed by atoms with Gasteiger partial charge in [-0.1, -0.05) is 49.4 Å². The van der Waals surface area contributed by atoms with Crippen LogP contribution in [0.1, 0.15) is 72.2 Å². The Morgan fingerprint density at radius 3 is 2.58 bits per heavy atom. The smallest absolute Gasteiger partial charge is 0.337 e. The monoisotopic (exact) mass is 643 g/mol. The van der Waals surface area contributed by atoms with Gasteiger partial charge in [0.05, 0.1) is 41.6 Å². The molecule has 1 N–H and O–H groups in total. The number of hydrogen-bond acceptors (Lipinski definition) is 9. The first-order valence-corrected chi connectivity index (χ1v) is 16.4. The van der Waals surface area contributed by atoms with Crippen molar-refractivity contribution in [2.45, 2.75) is 57.7 Å². The minimum absolute atomic E-state index is 0.104. The Balaban J connectivity index is 1.26. The third-order valence-corrected chi connectivity index (χ3v) is 8.94. The number of hydrogen-bond donors (Lipinski definition) is 1. The van der Waals surface area contributed by atoms with Crippen molar-refractivity contribution in [1.82, 2.24) is 29.1 Å². The van der Waals surface area contributed by atoms with Gasteiger partial charge in [0.2, 0.25) is 0 Å². The van der Waals surface area contributed by atoms with Crippen molar-refractivity contribution in [3.05, 3.63) is 118 Å². The first kappa shape index (κ1) is 31.2. The van der Waals surface area contributed by atoms with Gasteiger partial charge in [-0.2, -0.15) is 0 Å². The number of carbonyl (C=O) groups is 1. The van der Waals surface area contributed by atoms with Crippen molar-refractivity contribution < 1.29 is 14.3 Å². The highest BCUT2D eigenvalue weighted by Crippen LogP contribution is 2.30. The normalized spacial score (nSPS) is 15.4. The molecule has 6 aromatic rings. The molecule has 1 aliphatic rings. The number of esters is 1. The summed E-state index contributed by atoms with van der Waals surface area (Å²) in [4.78, 5) is 45.4. The second-order valence-electron chi connectivity index (χ2n) is 11.9. The van der Waals surface area contributed by atoms with Crippen LogP contribution >= 0.6 is 0 Å². The highest BCUT2D eigenvalue weighted by atomic mass is 16.5. The van der Waals surface area contributed by atoms with E-state index in [9.17, 15) is 9.59 Å². The van der Waals surface area contributed by atoms with Crippen LogP contribution in [0.5, 0.6) is 0 Å². The van der Waals surface area contributed by atoms with Crippen molar-refractivity contribution in [1.29, 1.82) is 0 Å². The zero-order chi connectivity index (χ0) is 33.0. The first-order valence-electron chi connectivity index (χ1n) is 16.4. The fourth-order valence-corrected chi connectivity index (χ4v) is 6.41. The number of nitrogens with zero attached hydrogens (tertiary/aromatic N) is 6. The zero-order valence-electron chi connectivity index (χ0n) is 27.0. The average Bonchev–Trinajstić information content (AvgIpc) is 3.58. The molecule has 0 bridgehead atoms. The van der Waals surface area contributed by atoms with Gasteiger partial charge in [0.1, 0.15) is 18.4 Å². The molecule has 0 radical (unpaired) electrons. The number of nitrogens with one attached hydrogen (secondary N) is 1. The van der Waals surface area contributed by atoms with Crippen LogP contribution < -0.4 is 10.9 Å². The van der Waals surface area contributed by atoms with Crippen LogP contribution in [0.2, 0.25) is 0 Å². The molecule has 1 unspecified atom stereocenters. The Labute approximate surface area is 277 Å². The molecule has 0 amide bonds. The molecule has 0 saturated carbocycles. The van der Waals surface area contributed by atoms with Crippen LogP contribution in [-0.2, 0) is 22.3 Å². The lowest BCUT2D eigenvalue weighted by Crippen LogP contribution is -2.29. The summed E-state index contributed by atoms with van der Waals surface area (Å²) in [5, 5.41) is 4.15. The lowest BCUT2D eigenvalue weighted by molar-refractivity contribution is -0.0298. The van der Waals surface area contributed by atoms with Gasteiger partial charge < -0.3 is 14.8 Å². The Morgan fingerprint density at radius 1 is 1.00 bits per heavy atom. The number of benzene rings is 3. The van der Waals surface area contributed by atoms with Crippen LogP contribution in [0.15, 0.2) is 90.2 Å². The van der Waals surface area contributed by atoms with Gasteiger partial charge >= 0.3 is 5.97 Å². The molecule has 0 aliphatic carbocycles. The maximum absolute atomic E-state index is 14.6. The Hall–Kier alpha value is -5.42. The van der Waals surface area contributed by atoms with Gasteiger partial charge in [0, 0.05) is 6.61 Å². The van der Waals surface area contributed by atoms with Gasteiger partial charge in [-0.25, -0.2) is 24.7 Å². The summed E-state index contributed by atoms with van der Waals surface area (Å²) < 4.78 is 14.5. The van der Waals surface area contributed by atoms with E-state index < -0.39 is 0 Å². The quantitative estimate of drug-likeness (QED) is 0.170. The summed E-state index contributed by atoms with van der Waals surface area (Å²) in [6.45, 7) is 2.77. The maximum Gasteiger partial charge on any atom is 0.337 e. The van der Waals surface area contributed by atoms with E-state index in [1.54, 1.807) is 23.0 Å². The minimum atomic E-state index is -0.369. The fourth-order valence-electron chi connectivity index (χ4n) is 6.41. The van der Waals surface area contributed by atoms with Gasteiger partial charge in [-0.15, -0.1) is 0 Å². The number of methoxy groups -OCH3 is 1. The molecule has 1 saturated heterocycles. The predicted molar refractivity (Wildman–Crippen MR) is 183 cm³/mol. The lowest BCUT2D eigenvalue weighted by Gasteiger charge is -2.24. The molecular formula is C37H37N7O4. The van der Waals surface area contributed by atoms with E-state index >= 15 is 0 Å². The highest BCUT2D eigenvalue weighted by molar-refractivity contribution is 5.89. The summed E-state index contributed by atoms with van der Waals surface area (Å²) in [7, 11) is 1.37. The molecule has 11 nitrogen and oxygen atoms in total. The van der Waals surface area contributed by atoms with Crippen LogP contribution in [0.4, 0.5) is 5.82 Å². The van der Waals surface area contributed by atoms with Crippen LogP contribution in [-0.4, -0.2) is 48.8 Å². The lowest BCUT2D eigenvalue weighted by atomic mass is 10.00. The van der Waals surface area contributed by atoms with Crippen molar-refractivity contribution in [3.63, 3.8) is 0 Å².